The van der Waals surface area contributed by atoms with Crippen LogP contribution in [0.3, 0.4) is 0 Å². The molecule has 22 heavy (non-hydrogen) atoms. The predicted molar refractivity (Wildman–Crippen MR) is 86.4 cm³/mol. The van der Waals surface area contributed by atoms with Crippen LogP contribution >= 0.6 is 11.3 Å². The van der Waals surface area contributed by atoms with Crippen molar-refractivity contribution < 1.29 is 14.3 Å². The first kappa shape index (κ1) is 16.7. The molecule has 1 aromatic rings. The van der Waals surface area contributed by atoms with Gasteiger partial charge < -0.3 is 10.1 Å². The third-order valence-corrected chi connectivity index (χ3v) is 4.54. The van der Waals surface area contributed by atoms with Crippen LogP contribution in [0.15, 0.2) is 0 Å². The Morgan fingerprint density at radius 1 is 1.27 bits per heavy atom. The van der Waals surface area contributed by atoms with Crippen molar-refractivity contribution in [3.8, 4) is 0 Å². The van der Waals surface area contributed by atoms with Crippen LogP contribution in [-0.4, -0.2) is 29.1 Å². The fourth-order valence-electron chi connectivity index (χ4n) is 2.47. The molecule has 2 N–H and O–H groups in total. The molecule has 1 aliphatic rings. The van der Waals surface area contributed by atoms with E-state index in [0.717, 1.165) is 37.0 Å². The van der Waals surface area contributed by atoms with E-state index >= 15 is 0 Å². The molecular formula is C15H23N3O3S. The molecule has 0 bridgehead atoms. The van der Waals surface area contributed by atoms with E-state index in [1.165, 1.54) is 6.42 Å². The van der Waals surface area contributed by atoms with Crippen LogP contribution in [0.25, 0.3) is 0 Å². The number of hydrogen-bond acceptors (Lipinski definition) is 5. The second kappa shape index (κ2) is 7.58. The van der Waals surface area contributed by atoms with Crippen molar-refractivity contribution in [1.29, 1.82) is 0 Å². The van der Waals surface area contributed by atoms with Gasteiger partial charge in [0, 0.05) is 6.04 Å². The molecule has 1 aliphatic carbocycles. The molecule has 0 aliphatic heterocycles. The van der Waals surface area contributed by atoms with E-state index in [2.05, 4.69) is 15.6 Å². The zero-order valence-electron chi connectivity index (χ0n) is 13.3. The molecule has 2 rings (SSSR count). The molecule has 1 heterocycles. The highest BCUT2D eigenvalue weighted by Crippen LogP contribution is 2.24. The SMILES string of the molecule is Cc1nc(NC(=O)NC2CCCCC2)sc1C(=O)OC(C)C. The maximum Gasteiger partial charge on any atom is 0.350 e. The minimum absolute atomic E-state index is 0.181. The molecule has 7 heteroatoms. The van der Waals surface area contributed by atoms with Crippen molar-refractivity contribution in [3.63, 3.8) is 0 Å². The second-order valence-electron chi connectivity index (χ2n) is 5.82. The van der Waals surface area contributed by atoms with Crippen molar-refractivity contribution in [2.45, 2.75) is 65.0 Å². The predicted octanol–water partition coefficient (Wildman–Crippen LogP) is 3.47. The van der Waals surface area contributed by atoms with Gasteiger partial charge in [0.25, 0.3) is 0 Å². The molecule has 0 spiro atoms. The third kappa shape index (κ3) is 4.69. The summed E-state index contributed by atoms with van der Waals surface area (Å²) in [4.78, 5) is 28.5. The van der Waals surface area contributed by atoms with Gasteiger partial charge in [-0.2, -0.15) is 0 Å². The lowest BCUT2D eigenvalue weighted by Crippen LogP contribution is -2.38. The summed E-state index contributed by atoms with van der Waals surface area (Å²) < 4.78 is 5.16. The molecule has 2 amide bonds. The Kier molecular flexibility index (Phi) is 5.76. The van der Waals surface area contributed by atoms with Gasteiger partial charge in [-0.1, -0.05) is 30.6 Å². The highest BCUT2D eigenvalue weighted by molar-refractivity contribution is 7.17. The Bertz CT molecular complexity index is 536. The molecule has 122 valence electrons. The lowest BCUT2D eigenvalue weighted by Gasteiger charge is -2.22. The Hall–Kier alpha value is -1.63. The van der Waals surface area contributed by atoms with E-state index in [1.807, 2.05) is 0 Å². The Labute approximate surface area is 134 Å². The number of ether oxygens (including phenoxy) is 1. The summed E-state index contributed by atoms with van der Waals surface area (Å²) >= 11 is 1.14. The van der Waals surface area contributed by atoms with E-state index in [-0.39, 0.29) is 18.2 Å². The average molecular weight is 325 g/mol. The minimum atomic E-state index is -0.397. The number of hydrogen-bond donors (Lipinski definition) is 2. The monoisotopic (exact) mass is 325 g/mol. The van der Waals surface area contributed by atoms with Gasteiger partial charge in [-0.25, -0.2) is 14.6 Å². The van der Waals surface area contributed by atoms with Crippen LogP contribution in [0.1, 0.15) is 61.3 Å². The molecule has 1 saturated carbocycles. The highest BCUT2D eigenvalue weighted by atomic mass is 32.1. The van der Waals surface area contributed by atoms with Gasteiger partial charge in [0.2, 0.25) is 0 Å². The average Bonchev–Trinajstić information content (AvgIpc) is 2.79. The lowest BCUT2D eigenvalue weighted by molar-refractivity contribution is 0.0382. The summed E-state index contributed by atoms with van der Waals surface area (Å²) in [6, 6.07) is -0.0235. The first-order valence-electron chi connectivity index (χ1n) is 7.71. The molecule has 1 fully saturated rings. The van der Waals surface area contributed by atoms with Crippen LogP contribution in [0.4, 0.5) is 9.93 Å². The van der Waals surface area contributed by atoms with Crippen molar-refractivity contribution in [1.82, 2.24) is 10.3 Å². The zero-order valence-corrected chi connectivity index (χ0v) is 14.1. The zero-order chi connectivity index (χ0) is 16.1. The summed E-state index contributed by atoms with van der Waals surface area (Å²) in [5, 5.41) is 6.08. The normalized spacial score (nSPS) is 15.6. The van der Waals surface area contributed by atoms with Crippen molar-refractivity contribution in [2.75, 3.05) is 5.32 Å². The van der Waals surface area contributed by atoms with Gasteiger partial charge in [0.1, 0.15) is 4.88 Å². The molecule has 0 unspecified atom stereocenters. The molecule has 6 nitrogen and oxygen atoms in total. The molecule has 0 radical (unpaired) electrons. The fourth-order valence-corrected chi connectivity index (χ4v) is 3.32. The van der Waals surface area contributed by atoms with Gasteiger partial charge in [0.15, 0.2) is 5.13 Å². The number of nitrogens with one attached hydrogen (secondary N) is 2. The number of esters is 1. The number of amides is 2. The van der Waals surface area contributed by atoms with Gasteiger partial charge >= 0.3 is 12.0 Å². The van der Waals surface area contributed by atoms with Crippen LogP contribution in [-0.2, 0) is 4.74 Å². The van der Waals surface area contributed by atoms with Crippen molar-refractivity contribution in [2.24, 2.45) is 0 Å². The maximum absolute atomic E-state index is 12.0. The summed E-state index contributed by atoms with van der Waals surface area (Å²) in [5.41, 5.74) is 0.573. The van der Waals surface area contributed by atoms with Crippen LogP contribution in [0, 0.1) is 6.92 Å². The number of aromatic nitrogens is 1. The molecule has 0 saturated heterocycles. The summed E-state index contributed by atoms with van der Waals surface area (Å²) in [5.74, 6) is -0.397. The number of anilines is 1. The highest BCUT2D eigenvalue weighted by Gasteiger charge is 2.20. The van der Waals surface area contributed by atoms with Gasteiger partial charge in [-0.3, -0.25) is 5.32 Å². The third-order valence-electron chi connectivity index (χ3n) is 3.49. The van der Waals surface area contributed by atoms with E-state index in [9.17, 15) is 9.59 Å². The van der Waals surface area contributed by atoms with Crippen molar-refractivity contribution >= 4 is 28.5 Å². The minimum Gasteiger partial charge on any atom is -0.459 e. The van der Waals surface area contributed by atoms with E-state index in [0.29, 0.717) is 15.7 Å². The number of urea groups is 1. The number of nitrogens with zero attached hydrogens (tertiary/aromatic N) is 1. The first-order valence-corrected chi connectivity index (χ1v) is 8.53. The topological polar surface area (TPSA) is 80.3 Å². The summed E-state index contributed by atoms with van der Waals surface area (Å²) in [6.45, 7) is 5.33. The Morgan fingerprint density at radius 2 is 1.95 bits per heavy atom. The number of carbonyl (C=O) groups is 2. The van der Waals surface area contributed by atoms with Gasteiger partial charge in [-0.05, 0) is 33.6 Å². The number of rotatable bonds is 4. The molecule has 1 aromatic heterocycles. The summed E-state index contributed by atoms with van der Waals surface area (Å²) in [6.07, 6.45) is 5.43. The molecular weight excluding hydrogens is 302 g/mol. The smallest absolute Gasteiger partial charge is 0.350 e. The Morgan fingerprint density at radius 3 is 2.59 bits per heavy atom. The van der Waals surface area contributed by atoms with Crippen LogP contribution in [0.5, 0.6) is 0 Å². The molecule has 0 aromatic carbocycles. The van der Waals surface area contributed by atoms with E-state index < -0.39 is 5.97 Å². The standard InChI is InChI=1S/C15H23N3O3S/c1-9(2)21-13(19)12-10(3)16-15(22-12)18-14(20)17-11-7-5-4-6-8-11/h9,11H,4-8H2,1-3H3,(H2,16,17,18,20). The van der Waals surface area contributed by atoms with Crippen molar-refractivity contribution in [3.05, 3.63) is 10.6 Å². The lowest BCUT2D eigenvalue weighted by atomic mass is 9.96. The van der Waals surface area contributed by atoms with Crippen LogP contribution in [0.2, 0.25) is 0 Å². The summed E-state index contributed by atoms with van der Waals surface area (Å²) in [7, 11) is 0. The quantitative estimate of drug-likeness (QED) is 0.831. The van der Waals surface area contributed by atoms with Crippen LogP contribution < -0.4 is 10.6 Å². The van der Waals surface area contributed by atoms with Gasteiger partial charge in [-0.15, -0.1) is 0 Å². The first-order chi connectivity index (χ1) is 10.5. The molecule has 0 atom stereocenters. The number of carbonyl (C=O) groups excluding carboxylic acids is 2. The van der Waals surface area contributed by atoms with Gasteiger partial charge in [0.05, 0.1) is 11.8 Å². The second-order valence-corrected chi connectivity index (χ2v) is 6.82. The maximum atomic E-state index is 12.0. The number of thiazole rings is 1. The van der Waals surface area contributed by atoms with E-state index in [4.69, 9.17) is 4.74 Å². The number of aryl methyl sites for hydroxylation is 1. The Balaban J connectivity index is 1.92. The largest absolute Gasteiger partial charge is 0.459 e. The van der Waals surface area contributed by atoms with E-state index in [1.54, 1.807) is 20.8 Å². The fraction of sp³-hybridized carbons (Fsp3) is 0.667.